The number of hydrogen-bond donors (Lipinski definition) is 1. The van der Waals surface area contributed by atoms with E-state index < -0.39 is 0 Å². The van der Waals surface area contributed by atoms with Crippen LogP contribution in [0.1, 0.15) is 18.3 Å². The van der Waals surface area contributed by atoms with Crippen molar-refractivity contribution in [1.82, 2.24) is 10.3 Å². The third kappa shape index (κ3) is 4.41. The zero-order valence-electron chi connectivity index (χ0n) is 10.4. The molecule has 0 aliphatic carbocycles. The standard InChI is InChI=1S/C12H20N2OS/c1-9-5-12(15-3)6-11(14-9)8-13-7-10(2)16-4/h5-6,10,13H,7-8H2,1-4H3. The summed E-state index contributed by atoms with van der Waals surface area (Å²) in [6, 6.07) is 3.91. The zero-order valence-corrected chi connectivity index (χ0v) is 11.2. The number of nitrogens with zero attached hydrogens (tertiary/aromatic N) is 1. The van der Waals surface area contributed by atoms with Gasteiger partial charge in [-0.25, -0.2) is 0 Å². The first kappa shape index (κ1) is 13.3. The van der Waals surface area contributed by atoms with Crippen molar-refractivity contribution in [2.24, 2.45) is 0 Å². The minimum atomic E-state index is 0.631. The van der Waals surface area contributed by atoms with E-state index in [1.54, 1.807) is 7.11 Å². The van der Waals surface area contributed by atoms with Crippen molar-refractivity contribution in [3.05, 3.63) is 23.5 Å². The predicted octanol–water partition coefficient (Wildman–Crippen LogP) is 2.24. The summed E-state index contributed by atoms with van der Waals surface area (Å²) in [6.07, 6.45) is 2.13. The lowest BCUT2D eigenvalue weighted by molar-refractivity contribution is 0.412. The monoisotopic (exact) mass is 240 g/mol. The minimum Gasteiger partial charge on any atom is -0.497 e. The molecule has 0 amide bonds. The predicted molar refractivity (Wildman–Crippen MR) is 70.2 cm³/mol. The van der Waals surface area contributed by atoms with Crippen LogP contribution in [0.4, 0.5) is 0 Å². The molecule has 1 aromatic rings. The van der Waals surface area contributed by atoms with E-state index in [4.69, 9.17) is 4.74 Å². The van der Waals surface area contributed by atoms with E-state index >= 15 is 0 Å². The molecule has 1 atom stereocenters. The maximum Gasteiger partial charge on any atom is 0.122 e. The molecule has 0 aromatic carbocycles. The second-order valence-electron chi connectivity index (χ2n) is 3.82. The van der Waals surface area contributed by atoms with Crippen LogP contribution in [0, 0.1) is 6.92 Å². The summed E-state index contributed by atoms with van der Waals surface area (Å²) < 4.78 is 5.21. The number of rotatable bonds is 6. The Morgan fingerprint density at radius 3 is 2.88 bits per heavy atom. The SMILES string of the molecule is COc1cc(C)nc(CNCC(C)SC)c1. The number of pyridine rings is 1. The first-order valence-electron chi connectivity index (χ1n) is 5.40. The van der Waals surface area contributed by atoms with Gasteiger partial charge in [0.25, 0.3) is 0 Å². The van der Waals surface area contributed by atoms with E-state index in [1.165, 1.54) is 0 Å². The molecule has 0 fully saturated rings. The van der Waals surface area contributed by atoms with Gasteiger partial charge in [-0.3, -0.25) is 4.98 Å². The van der Waals surface area contributed by atoms with E-state index in [1.807, 2.05) is 30.8 Å². The van der Waals surface area contributed by atoms with Crippen molar-refractivity contribution in [1.29, 1.82) is 0 Å². The Kier molecular flexibility index (Phi) is 5.63. The second kappa shape index (κ2) is 6.76. The van der Waals surface area contributed by atoms with E-state index in [0.29, 0.717) is 5.25 Å². The van der Waals surface area contributed by atoms with Gasteiger partial charge in [-0.05, 0) is 13.2 Å². The van der Waals surface area contributed by atoms with Crippen molar-refractivity contribution >= 4 is 11.8 Å². The molecule has 1 N–H and O–H groups in total. The molecule has 4 heteroatoms. The van der Waals surface area contributed by atoms with Gasteiger partial charge in [-0.2, -0.15) is 11.8 Å². The molecule has 90 valence electrons. The Bertz CT molecular complexity index is 331. The van der Waals surface area contributed by atoms with Gasteiger partial charge in [0.2, 0.25) is 0 Å². The first-order valence-corrected chi connectivity index (χ1v) is 6.69. The summed E-state index contributed by atoms with van der Waals surface area (Å²) in [5.41, 5.74) is 2.03. The first-order chi connectivity index (χ1) is 7.65. The molecule has 1 heterocycles. The molecule has 0 saturated heterocycles. The van der Waals surface area contributed by atoms with Crippen LogP contribution in [0.3, 0.4) is 0 Å². The fourth-order valence-electron chi connectivity index (χ4n) is 1.40. The lowest BCUT2D eigenvalue weighted by Gasteiger charge is -2.10. The van der Waals surface area contributed by atoms with Gasteiger partial charge in [-0.15, -0.1) is 0 Å². The van der Waals surface area contributed by atoms with Crippen LogP contribution >= 0.6 is 11.8 Å². The number of aryl methyl sites for hydroxylation is 1. The maximum absolute atomic E-state index is 5.21. The molecule has 0 bridgehead atoms. The quantitative estimate of drug-likeness (QED) is 0.827. The third-order valence-electron chi connectivity index (χ3n) is 2.36. The average Bonchev–Trinajstić information content (AvgIpc) is 2.28. The van der Waals surface area contributed by atoms with Crippen LogP contribution in [0.15, 0.2) is 12.1 Å². The Balaban J connectivity index is 2.50. The lowest BCUT2D eigenvalue weighted by Crippen LogP contribution is -2.22. The van der Waals surface area contributed by atoms with Crippen molar-refractivity contribution in [2.45, 2.75) is 25.6 Å². The molecule has 1 aromatic heterocycles. The second-order valence-corrected chi connectivity index (χ2v) is 5.09. The van der Waals surface area contributed by atoms with Crippen LogP contribution in [0.25, 0.3) is 0 Å². The van der Waals surface area contributed by atoms with Crippen molar-refractivity contribution in [3.8, 4) is 5.75 Å². The molecule has 0 spiro atoms. The van der Waals surface area contributed by atoms with E-state index in [0.717, 1.165) is 30.2 Å². The molecule has 16 heavy (non-hydrogen) atoms. The van der Waals surface area contributed by atoms with Crippen LogP contribution in [-0.4, -0.2) is 30.1 Å². The van der Waals surface area contributed by atoms with Gasteiger partial charge >= 0.3 is 0 Å². The molecule has 3 nitrogen and oxygen atoms in total. The van der Waals surface area contributed by atoms with E-state index in [2.05, 4.69) is 23.5 Å². The van der Waals surface area contributed by atoms with Crippen LogP contribution in [0.5, 0.6) is 5.75 Å². The number of aromatic nitrogens is 1. The average molecular weight is 240 g/mol. The largest absolute Gasteiger partial charge is 0.497 e. The Morgan fingerprint density at radius 2 is 2.25 bits per heavy atom. The van der Waals surface area contributed by atoms with Gasteiger partial charge in [0, 0.05) is 36.2 Å². The molecule has 0 saturated carbocycles. The minimum absolute atomic E-state index is 0.631. The Labute approximate surface area is 102 Å². The smallest absolute Gasteiger partial charge is 0.122 e. The summed E-state index contributed by atoms with van der Waals surface area (Å²) in [6.45, 7) is 5.99. The van der Waals surface area contributed by atoms with Crippen LogP contribution in [-0.2, 0) is 6.54 Å². The third-order valence-corrected chi connectivity index (χ3v) is 3.33. The summed E-state index contributed by atoms with van der Waals surface area (Å²) >= 11 is 1.86. The summed E-state index contributed by atoms with van der Waals surface area (Å²) in [5, 5.41) is 4.02. The molecule has 0 aliphatic rings. The lowest BCUT2D eigenvalue weighted by atomic mass is 10.3. The van der Waals surface area contributed by atoms with Crippen molar-refractivity contribution in [3.63, 3.8) is 0 Å². The fourth-order valence-corrected chi connectivity index (χ4v) is 1.68. The molecule has 1 rings (SSSR count). The maximum atomic E-state index is 5.21. The van der Waals surface area contributed by atoms with Crippen LogP contribution in [0.2, 0.25) is 0 Å². The highest BCUT2D eigenvalue weighted by atomic mass is 32.2. The summed E-state index contributed by atoms with van der Waals surface area (Å²) in [4.78, 5) is 4.46. The normalized spacial score (nSPS) is 12.5. The van der Waals surface area contributed by atoms with Crippen LogP contribution < -0.4 is 10.1 Å². The van der Waals surface area contributed by atoms with E-state index in [-0.39, 0.29) is 0 Å². The highest BCUT2D eigenvalue weighted by Crippen LogP contribution is 2.13. The number of nitrogens with one attached hydrogen (secondary N) is 1. The Morgan fingerprint density at radius 1 is 1.50 bits per heavy atom. The van der Waals surface area contributed by atoms with Gasteiger partial charge in [0.05, 0.1) is 12.8 Å². The molecule has 0 aliphatic heterocycles. The van der Waals surface area contributed by atoms with Gasteiger partial charge in [0.1, 0.15) is 5.75 Å². The Hall–Kier alpha value is -0.740. The molecule has 1 unspecified atom stereocenters. The van der Waals surface area contributed by atoms with Crippen molar-refractivity contribution in [2.75, 3.05) is 19.9 Å². The van der Waals surface area contributed by atoms with Crippen molar-refractivity contribution < 1.29 is 4.74 Å². The fraction of sp³-hybridized carbons (Fsp3) is 0.583. The zero-order chi connectivity index (χ0) is 12.0. The molecular formula is C12H20N2OS. The number of hydrogen-bond acceptors (Lipinski definition) is 4. The highest BCUT2D eigenvalue weighted by Gasteiger charge is 2.02. The summed E-state index contributed by atoms with van der Waals surface area (Å²) in [7, 11) is 1.68. The topological polar surface area (TPSA) is 34.1 Å². The van der Waals surface area contributed by atoms with Gasteiger partial charge < -0.3 is 10.1 Å². The number of thioether (sulfide) groups is 1. The number of methoxy groups -OCH3 is 1. The van der Waals surface area contributed by atoms with E-state index in [9.17, 15) is 0 Å². The highest BCUT2D eigenvalue weighted by molar-refractivity contribution is 7.99. The summed E-state index contributed by atoms with van der Waals surface area (Å²) in [5.74, 6) is 0.877. The molecular weight excluding hydrogens is 220 g/mol. The van der Waals surface area contributed by atoms with Gasteiger partial charge in [-0.1, -0.05) is 6.92 Å². The molecule has 0 radical (unpaired) electrons. The van der Waals surface area contributed by atoms with Gasteiger partial charge in [0.15, 0.2) is 0 Å². The number of ether oxygens (including phenoxy) is 1.